The van der Waals surface area contributed by atoms with E-state index in [9.17, 15) is 9.65 Å². The summed E-state index contributed by atoms with van der Waals surface area (Å²) in [5, 5.41) is 9.21. The van der Waals surface area contributed by atoms with Crippen LogP contribution in [0.4, 0.5) is 15.8 Å². The normalized spacial score (nSPS) is 10.1. The van der Waals surface area contributed by atoms with Crippen molar-refractivity contribution in [3.63, 3.8) is 0 Å². The van der Waals surface area contributed by atoms with Crippen molar-refractivity contribution < 1.29 is 4.39 Å². The van der Waals surface area contributed by atoms with E-state index in [-0.39, 0.29) is 0 Å². The lowest BCUT2D eigenvalue weighted by molar-refractivity contribution is 0.626. The van der Waals surface area contributed by atoms with Crippen LogP contribution in [-0.2, 0) is 6.54 Å². The summed E-state index contributed by atoms with van der Waals surface area (Å²) >= 11 is 0. The Morgan fingerprint density at radius 3 is 2.71 bits per heavy atom. The Morgan fingerprint density at radius 1 is 1.24 bits per heavy atom. The SMILES string of the molecule is CCCN(Cc1cccc(N)c1)c1ccc(F)cc1C#N. The third-order valence-electron chi connectivity index (χ3n) is 3.24. The number of nitrogens with two attached hydrogens (primary N) is 1. The van der Waals surface area contributed by atoms with Gasteiger partial charge in [-0.1, -0.05) is 19.1 Å². The smallest absolute Gasteiger partial charge is 0.124 e. The fourth-order valence-electron chi connectivity index (χ4n) is 2.34. The minimum Gasteiger partial charge on any atom is -0.399 e. The summed E-state index contributed by atoms with van der Waals surface area (Å²) in [5.41, 5.74) is 8.69. The molecule has 0 spiro atoms. The van der Waals surface area contributed by atoms with Gasteiger partial charge in [-0.15, -0.1) is 0 Å². The monoisotopic (exact) mass is 283 g/mol. The number of hydrogen-bond acceptors (Lipinski definition) is 3. The average Bonchev–Trinajstić information content (AvgIpc) is 2.47. The number of nitriles is 1. The fourth-order valence-corrected chi connectivity index (χ4v) is 2.34. The van der Waals surface area contributed by atoms with Gasteiger partial charge in [0.2, 0.25) is 0 Å². The molecule has 0 fully saturated rings. The second-order valence-electron chi connectivity index (χ2n) is 4.94. The molecule has 21 heavy (non-hydrogen) atoms. The van der Waals surface area contributed by atoms with Crippen molar-refractivity contribution in [3.05, 3.63) is 59.4 Å². The van der Waals surface area contributed by atoms with Crippen molar-refractivity contribution in [1.82, 2.24) is 0 Å². The van der Waals surface area contributed by atoms with Crippen molar-refractivity contribution >= 4 is 11.4 Å². The molecule has 0 aliphatic heterocycles. The van der Waals surface area contributed by atoms with Gasteiger partial charge in [0.05, 0.1) is 11.3 Å². The van der Waals surface area contributed by atoms with Crippen LogP contribution in [0.15, 0.2) is 42.5 Å². The van der Waals surface area contributed by atoms with Crippen molar-refractivity contribution in [2.75, 3.05) is 17.2 Å². The predicted octanol–water partition coefficient (Wildman–Crippen LogP) is 3.70. The van der Waals surface area contributed by atoms with E-state index in [2.05, 4.69) is 17.9 Å². The van der Waals surface area contributed by atoms with E-state index in [1.54, 1.807) is 6.07 Å². The summed E-state index contributed by atoms with van der Waals surface area (Å²) in [6.07, 6.45) is 0.935. The van der Waals surface area contributed by atoms with E-state index in [4.69, 9.17) is 5.73 Å². The first-order chi connectivity index (χ1) is 10.1. The molecule has 0 saturated carbocycles. The molecule has 3 nitrogen and oxygen atoms in total. The van der Waals surface area contributed by atoms with Gasteiger partial charge in [0.25, 0.3) is 0 Å². The van der Waals surface area contributed by atoms with E-state index in [1.807, 2.05) is 24.3 Å². The molecule has 108 valence electrons. The number of nitrogens with zero attached hydrogens (tertiary/aromatic N) is 2. The van der Waals surface area contributed by atoms with Gasteiger partial charge in [-0.25, -0.2) is 4.39 Å². The van der Waals surface area contributed by atoms with Crippen LogP contribution < -0.4 is 10.6 Å². The molecule has 0 heterocycles. The highest BCUT2D eigenvalue weighted by molar-refractivity contribution is 5.60. The Hall–Kier alpha value is -2.54. The van der Waals surface area contributed by atoms with E-state index < -0.39 is 5.82 Å². The first kappa shape index (κ1) is 14.9. The van der Waals surface area contributed by atoms with E-state index in [0.717, 1.165) is 24.2 Å². The van der Waals surface area contributed by atoms with Crippen molar-refractivity contribution in [1.29, 1.82) is 5.26 Å². The molecule has 0 atom stereocenters. The van der Waals surface area contributed by atoms with Gasteiger partial charge in [-0.3, -0.25) is 0 Å². The number of rotatable bonds is 5. The second-order valence-corrected chi connectivity index (χ2v) is 4.94. The lowest BCUT2D eigenvalue weighted by Gasteiger charge is -2.25. The van der Waals surface area contributed by atoms with Crippen LogP contribution >= 0.6 is 0 Å². The Morgan fingerprint density at radius 2 is 2.05 bits per heavy atom. The van der Waals surface area contributed by atoms with Crippen molar-refractivity contribution in [2.24, 2.45) is 0 Å². The molecule has 2 rings (SSSR count). The van der Waals surface area contributed by atoms with Crippen molar-refractivity contribution in [2.45, 2.75) is 19.9 Å². The molecule has 2 aromatic carbocycles. The van der Waals surface area contributed by atoms with Gasteiger partial charge in [0.1, 0.15) is 11.9 Å². The quantitative estimate of drug-likeness (QED) is 0.851. The number of nitrogen functional groups attached to an aromatic ring is 1. The molecule has 0 radical (unpaired) electrons. The largest absolute Gasteiger partial charge is 0.399 e. The maximum Gasteiger partial charge on any atom is 0.124 e. The summed E-state index contributed by atoms with van der Waals surface area (Å²) in [6.45, 7) is 3.50. The highest BCUT2D eigenvalue weighted by Gasteiger charge is 2.12. The predicted molar refractivity (Wildman–Crippen MR) is 83.3 cm³/mol. The van der Waals surface area contributed by atoms with E-state index in [0.29, 0.717) is 17.8 Å². The molecule has 2 N–H and O–H groups in total. The van der Waals surface area contributed by atoms with Gasteiger partial charge in [0.15, 0.2) is 0 Å². The van der Waals surface area contributed by atoms with Gasteiger partial charge in [-0.05, 0) is 42.3 Å². The standard InChI is InChI=1S/C17H18FN3/c1-2-8-21(12-13-4-3-5-16(20)9-13)17-7-6-15(18)10-14(17)11-19/h3-7,9-10H,2,8,12,20H2,1H3. The van der Waals surface area contributed by atoms with Gasteiger partial charge >= 0.3 is 0 Å². The Labute approximate surface area is 124 Å². The molecule has 0 aromatic heterocycles. The van der Waals surface area contributed by atoms with Crippen LogP contribution in [0.2, 0.25) is 0 Å². The molecule has 0 unspecified atom stereocenters. The molecule has 0 bridgehead atoms. The van der Waals surface area contributed by atoms with Crippen LogP contribution in [0.25, 0.3) is 0 Å². The number of halogens is 1. The Kier molecular flexibility index (Phi) is 4.78. The molecule has 0 aliphatic carbocycles. The lowest BCUT2D eigenvalue weighted by Crippen LogP contribution is -2.24. The Bertz CT molecular complexity index is 661. The van der Waals surface area contributed by atoms with E-state index >= 15 is 0 Å². The number of hydrogen-bond donors (Lipinski definition) is 1. The highest BCUT2D eigenvalue weighted by Crippen LogP contribution is 2.23. The van der Waals surface area contributed by atoms with Gasteiger partial charge < -0.3 is 10.6 Å². The maximum atomic E-state index is 13.3. The van der Waals surface area contributed by atoms with Crippen LogP contribution in [-0.4, -0.2) is 6.54 Å². The van der Waals surface area contributed by atoms with Crippen molar-refractivity contribution in [3.8, 4) is 6.07 Å². The molecule has 4 heteroatoms. The summed E-state index contributed by atoms with van der Waals surface area (Å²) < 4.78 is 13.3. The third kappa shape index (κ3) is 3.73. The first-order valence-electron chi connectivity index (χ1n) is 6.93. The minimum atomic E-state index is -0.393. The van der Waals surface area contributed by atoms with Crippen LogP contribution in [0.3, 0.4) is 0 Å². The number of benzene rings is 2. The fraction of sp³-hybridized carbons (Fsp3) is 0.235. The second kappa shape index (κ2) is 6.76. The topological polar surface area (TPSA) is 53.0 Å². The molecular weight excluding hydrogens is 265 g/mol. The Balaban J connectivity index is 2.33. The first-order valence-corrected chi connectivity index (χ1v) is 6.93. The molecule has 0 saturated heterocycles. The molecule has 0 amide bonds. The summed E-state index contributed by atoms with van der Waals surface area (Å²) in [7, 11) is 0. The zero-order valence-electron chi connectivity index (χ0n) is 12.0. The van der Waals surface area contributed by atoms with E-state index in [1.165, 1.54) is 12.1 Å². The van der Waals surface area contributed by atoms with Crippen LogP contribution in [0, 0.1) is 17.1 Å². The zero-order valence-corrected chi connectivity index (χ0v) is 12.0. The average molecular weight is 283 g/mol. The molecule has 0 aliphatic rings. The van der Waals surface area contributed by atoms with Gasteiger partial charge in [-0.2, -0.15) is 5.26 Å². The lowest BCUT2D eigenvalue weighted by atomic mass is 10.1. The highest BCUT2D eigenvalue weighted by atomic mass is 19.1. The maximum absolute atomic E-state index is 13.3. The summed E-state index contributed by atoms with van der Waals surface area (Å²) in [4.78, 5) is 2.08. The van der Waals surface area contributed by atoms with Crippen LogP contribution in [0.1, 0.15) is 24.5 Å². The molecule has 2 aromatic rings. The number of anilines is 2. The van der Waals surface area contributed by atoms with Crippen LogP contribution in [0.5, 0.6) is 0 Å². The summed E-state index contributed by atoms with van der Waals surface area (Å²) in [5.74, 6) is -0.393. The van der Waals surface area contributed by atoms with Gasteiger partial charge in [0, 0.05) is 18.8 Å². The third-order valence-corrected chi connectivity index (χ3v) is 3.24. The minimum absolute atomic E-state index is 0.354. The molecular formula is C17H18FN3. The zero-order chi connectivity index (χ0) is 15.2. The summed E-state index contributed by atoms with van der Waals surface area (Å²) in [6, 6.07) is 14.0.